The first-order chi connectivity index (χ1) is 6.50. The number of hydrogen-bond acceptors (Lipinski definition) is 1. The summed E-state index contributed by atoms with van der Waals surface area (Å²) in [5, 5.41) is 3.31. The summed E-state index contributed by atoms with van der Waals surface area (Å²) < 4.78 is 13.4. The van der Waals surface area contributed by atoms with Gasteiger partial charge in [-0.15, -0.1) is 0 Å². The van der Waals surface area contributed by atoms with Crippen molar-refractivity contribution in [1.29, 1.82) is 0 Å². The smallest absolute Gasteiger partial charge is 0.137 e. The molecule has 1 rings (SSSR count). The number of hydrogen-bond donors (Lipinski definition) is 1. The highest BCUT2D eigenvalue weighted by molar-refractivity contribution is 9.10. The molecule has 0 heterocycles. The largest absolute Gasteiger partial charge is 0.382 e. The Labute approximate surface area is 92.8 Å². The Morgan fingerprint density at radius 2 is 1.93 bits per heavy atom. The van der Waals surface area contributed by atoms with E-state index in [2.05, 4.69) is 42.0 Å². The summed E-state index contributed by atoms with van der Waals surface area (Å²) >= 11 is 3.16. The molecule has 0 radical (unpaired) electrons. The molecule has 78 valence electrons. The van der Waals surface area contributed by atoms with Gasteiger partial charge in [-0.3, -0.25) is 0 Å². The summed E-state index contributed by atoms with van der Waals surface area (Å²) in [4.78, 5) is 0. The standard InChI is InChI=1S/C11H15BrFN/c1-7(2)8(3)14-9-4-5-11(13)10(12)6-9/h4-8,14H,1-3H3. The van der Waals surface area contributed by atoms with Crippen LogP contribution in [-0.4, -0.2) is 6.04 Å². The third-order valence-corrected chi connectivity index (χ3v) is 2.92. The molecule has 1 N–H and O–H groups in total. The summed E-state index contributed by atoms with van der Waals surface area (Å²) in [7, 11) is 0. The number of nitrogens with one attached hydrogen (secondary N) is 1. The van der Waals surface area contributed by atoms with Gasteiger partial charge in [-0.1, -0.05) is 13.8 Å². The maximum Gasteiger partial charge on any atom is 0.137 e. The van der Waals surface area contributed by atoms with Crippen molar-refractivity contribution < 1.29 is 4.39 Å². The summed E-state index contributed by atoms with van der Waals surface area (Å²) in [6.07, 6.45) is 0. The lowest BCUT2D eigenvalue weighted by Crippen LogP contribution is -2.21. The highest BCUT2D eigenvalue weighted by Crippen LogP contribution is 2.21. The quantitative estimate of drug-likeness (QED) is 0.864. The zero-order valence-electron chi connectivity index (χ0n) is 8.64. The van der Waals surface area contributed by atoms with Crippen LogP contribution in [0.3, 0.4) is 0 Å². The topological polar surface area (TPSA) is 12.0 Å². The van der Waals surface area contributed by atoms with Crippen LogP contribution < -0.4 is 5.32 Å². The van der Waals surface area contributed by atoms with Gasteiger partial charge in [0.1, 0.15) is 5.82 Å². The van der Waals surface area contributed by atoms with Crippen LogP contribution >= 0.6 is 15.9 Å². The van der Waals surface area contributed by atoms with Crippen molar-refractivity contribution in [2.24, 2.45) is 5.92 Å². The van der Waals surface area contributed by atoms with Crippen LogP contribution in [0.2, 0.25) is 0 Å². The molecule has 14 heavy (non-hydrogen) atoms. The molecular weight excluding hydrogens is 245 g/mol. The van der Waals surface area contributed by atoms with E-state index >= 15 is 0 Å². The highest BCUT2D eigenvalue weighted by Gasteiger charge is 2.07. The van der Waals surface area contributed by atoms with Crippen molar-refractivity contribution in [3.8, 4) is 0 Å². The second-order valence-corrected chi connectivity index (χ2v) is 4.66. The molecule has 0 aliphatic carbocycles. The first-order valence-electron chi connectivity index (χ1n) is 4.72. The third-order valence-electron chi connectivity index (χ3n) is 2.31. The molecule has 0 spiro atoms. The molecule has 0 bridgehead atoms. The predicted molar refractivity (Wildman–Crippen MR) is 62.0 cm³/mol. The van der Waals surface area contributed by atoms with Gasteiger partial charge >= 0.3 is 0 Å². The lowest BCUT2D eigenvalue weighted by atomic mass is 10.1. The van der Waals surface area contributed by atoms with Crippen LogP contribution in [0, 0.1) is 11.7 Å². The number of anilines is 1. The number of benzene rings is 1. The monoisotopic (exact) mass is 259 g/mol. The fraction of sp³-hybridized carbons (Fsp3) is 0.455. The van der Waals surface area contributed by atoms with Gasteiger partial charge in [-0.25, -0.2) is 4.39 Å². The molecule has 0 saturated heterocycles. The van der Waals surface area contributed by atoms with Gasteiger partial charge in [-0.05, 0) is 47.0 Å². The SMILES string of the molecule is CC(C)C(C)Nc1ccc(F)c(Br)c1. The zero-order chi connectivity index (χ0) is 10.7. The average molecular weight is 260 g/mol. The van der Waals surface area contributed by atoms with Gasteiger partial charge in [0.25, 0.3) is 0 Å². The number of rotatable bonds is 3. The van der Waals surface area contributed by atoms with E-state index in [-0.39, 0.29) is 5.82 Å². The maximum atomic E-state index is 12.9. The minimum atomic E-state index is -0.229. The van der Waals surface area contributed by atoms with Crippen LogP contribution in [0.5, 0.6) is 0 Å². The van der Waals surface area contributed by atoms with Crippen molar-refractivity contribution >= 4 is 21.6 Å². The van der Waals surface area contributed by atoms with E-state index in [0.29, 0.717) is 16.4 Å². The van der Waals surface area contributed by atoms with E-state index in [0.717, 1.165) is 5.69 Å². The van der Waals surface area contributed by atoms with E-state index in [4.69, 9.17) is 0 Å². The predicted octanol–water partition coefficient (Wildman–Crippen LogP) is 4.04. The number of halogens is 2. The van der Waals surface area contributed by atoms with Crippen LogP contribution in [0.15, 0.2) is 22.7 Å². The second-order valence-electron chi connectivity index (χ2n) is 3.81. The fourth-order valence-electron chi connectivity index (χ4n) is 1.02. The molecule has 0 saturated carbocycles. The van der Waals surface area contributed by atoms with Crippen molar-refractivity contribution in [3.05, 3.63) is 28.5 Å². The normalized spacial score (nSPS) is 13.0. The molecule has 1 nitrogen and oxygen atoms in total. The minimum Gasteiger partial charge on any atom is -0.382 e. The Kier molecular flexibility index (Phi) is 3.93. The Bertz CT molecular complexity index is 312. The molecule has 1 aromatic rings. The maximum absolute atomic E-state index is 12.9. The summed E-state index contributed by atoms with van der Waals surface area (Å²) in [6, 6.07) is 5.35. The summed E-state index contributed by atoms with van der Waals surface area (Å²) in [5.41, 5.74) is 0.944. The van der Waals surface area contributed by atoms with Gasteiger partial charge in [0.2, 0.25) is 0 Å². The van der Waals surface area contributed by atoms with Crippen LogP contribution in [0.1, 0.15) is 20.8 Å². The van der Waals surface area contributed by atoms with Gasteiger partial charge < -0.3 is 5.32 Å². The summed E-state index contributed by atoms with van der Waals surface area (Å²) in [5.74, 6) is 0.326. The fourth-order valence-corrected chi connectivity index (χ4v) is 1.39. The Morgan fingerprint density at radius 1 is 1.29 bits per heavy atom. The molecule has 1 atom stereocenters. The van der Waals surface area contributed by atoms with E-state index in [9.17, 15) is 4.39 Å². The molecule has 1 aromatic carbocycles. The second kappa shape index (κ2) is 4.78. The lowest BCUT2D eigenvalue weighted by Gasteiger charge is -2.18. The lowest BCUT2D eigenvalue weighted by molar-refractivity contribution is 0.559. The van der Waals surface area contributed by atoms with E-state index < -0.39 is 0 Å². The Morgan fingerprint density at radius 3 is 2.43 bits per heavy atom. The Hall–Kier alpha value is -0.570. The molecule has 0 aliphatic rings. The molecule has 3 heteroatoms. The van der Waals surface area contributed by atoms with Crippen LogP contribution in [0.25, 0.3) is 0 Å². The molecule has 1 unspecified atom stereocenters. The van der Waals surface area contributed by atoms with Crippen molar-refractivity contribution in [2.45, 2.75) is 26.8 Å². The molecule has 0 amide bonds. The van der Waals surface area contributed by atoms with Gasteiger partial charge in [-0.2, -0.15) is 0 Å². The van der Waals surface area contributed by atoms with Crippen LogP contribution in [0.4, 0.5) is 10.1 Å². The molecule has 0 aromatic heterocycles. The average Bonchev–Trinajstić information content (AvgIpc) is 2.11. The van der Waals surface area contributed by atoms with Crippen molar-refractivity contribution in [2.75, 3.05) is 5.32 Å². The summed E-state index contributed by atoms with van der Waals surface area (Å²) in [6.45, 7) is 6.41. The van der Waals surface area contributed by atoms with Crippen molar-refractivity contribution in [3.63, 3.8) is 0 Å². The first-order valence-corrected chi connectivity index (χ1v) is 5.51. The van der Waals surface area contributed by atoms with E-state index in [1.54, 1.807) is 12.1 Å². The first kappa shape index (κ1) is 11.5. The van der Waals surface area contributed by atoms with Gasteiger partial charge in [0, 0.05) is 11.7 Å². The third kappa shape index (κ3) is 2.98. The molecular formula is C11H15BrFN. The van der Waals surface area contributed by atoms with E-state index in [1.807, 2.05) is 0 Å². The minimum absolute atomic E-state index is 0.229. The zero-order valence-corrected chi connectivity index (χ0v) is 10.2. The van der Waals surface area contributed by atoms with Crippen LogP contribution in [-0.2, 0) is 0 Å². The van der Waals surface area contributed by atoms with Gasteiger partial charge in [0.05, 0.1) is 4.47 Å². The van der Waals surface area contributed by atoms with Gasteiger partial charge in [0.15, 0.2) is 0 Å². The highest BCUT2D eigenvalue weighted by atomic mass is 79.9. The molecule has 0 fully saturated rings. The van der Waals surface area contributed by atoms with Crippen molar-refractivity contribution in [1.82, 2.24) is 0 Å². The molecule has 0 aliphatic heterocycles. The van der Waals surface area contributed by atoms with E-state index in [1.165, 1.54) is 6.07 Å². The Balaban J connectivity index is 2.73.